The summed E-state index contributed by atoms with van der Waals surface area (Å²) >= 11 is 0. The van der Waals surface area contributed by atoms with Crippen molar-refractivity contribution in [3.05, 3.63) is 34.9 Å². The molecule has 1 aliphatic rings. The maximum Gasteiger partial charge on any atom is 0.228 e. The molecule has 1 amide bonds. The highest BCUT2D eigenvalue weighted by atomic mass is 16.2. The molecular formula is C14H20N2O. The Balaban J connectivity index is 1.99. The Labute approximate surface area is 103 Å². The summed E-state index contributed by atoms with van der Waals surface area (Å²) in [7, 11) is 1.88. The molecule has 0 bridgehead atoms. The van der Waals surface area contributed by atoms with E-state index in [9.17, 15) is 4.79 Å². The minimum Gasteiger partial charge on any atom is -0.341 e. The van der Waals surface area contributed by atoms with Crippen LogP contribution in [0.4, 0.5) is 0 Å². The summed E-state index contributed by atoms with van der Waals surface area (Å²) in [5.41, 5.74) is 3.79. The molecule has 3 heteroatoms. The molecule has 2 rings (SSSR count). The summed E-state index contributed by atoms with van der Waals surface area (Å²) in [5.74, 6) is 0.438. The van der Waals surface area contributed by atoms with Crippen LogP contribution >= 0.6 is 0 Å². The van der Waals surface area contributed by atoms with Crippen LogP contribution in [-0.2, 0) is 11.3 Å². The fraction of sp³-hybridized carbons (Fsp3) is 0.500. The lowest BCUT2D eigenvalue weighted by Gasteiger charge is -2.30. The number of carbonyl (C=O) groups excluding carboxylic acids is 1. The first-order chi connectivity index (χ1) is 8.08. The zero-order chi connectivity index (χ0) is 12.4. The molecule has 0 saturated carbocycles. The molecule has 17 heavy (non-hydrogen) atoms. The Kier molecular flexibility index (Phi) is 3.48. The molecule has 0 unspecified atom stereocenters. The molecule has 1 saturated heterocycles. The van der Waals surface area contributed by atoms with Gasteiger partial charge in [0.25, 0.3) is 0 Å². The van der Waals surface area contributed by atoms with Gasteiger partial charge >= 0.3 is 0 Å². The van der Waals surface area contributed by atoms with Crippen molar-refractivity contribution in [1.29, 1.82) is 0 Å². The van der Waals surface area contributed by atoms with Crippen molar-refractivity contribution in [3.8, 4) is 0 Å². The van der Waals surface area contributed by atoms with Gasteiger partial charge < -0.3 is 10.2 Å². The van der Waals surface area contributed by atoms with Crippen molar-refractivity contribution in [3.63, 3.8) is 0 Å². The normalized spacial score (nSPS) is 15.5. The molecule has 1 aliphatic heterocycles. The first-order valence-corrected chi connectivity index (χ1v) is 6.10. The number of nitrogens with one attached hydrogen (secondary N) is 1. The van der Waals surface area contributed by atoms with E-state index < -0.39 is 0 Å². The van der Waals surface area contributed by atoms with E-state index in [0.717, 1.165) is 13.1 Å². The predicted octanol–water partition coefficient (Wildman–Crippen LogP) is 1.48. The van der Waals surface area contributed by atoms with Gasteiger partial charge in [0, 0.05) is 26.7 Å². The Morgan fingerprint density at radius 1 is 1.35 bits per heavy atom. The summed E-state index contributed by atoms with van der Waals surface area (Å²) < 4.78 is 0. The second-order valence-corrected chi connectivity index (χ2v) is 4.97. The van der Waals surface area contributed by atoms with E-state index in [2.05, 4.69) is 37.4 Å². The fourth-order valence-electron chi connectivity index (χ4n) is 2.03. The number of rotatable bonds is 3. The highest BCUT2D eigenvalue weighted by Gasteiger charge is 2.27. The average molecular weight is 232 g/mol. The third-order valence-corrected chi connectivity index (χ3v) is 3.50. The zero-order valence-corrected chi connectivity index (χ0v) is 10.8. The van der Waals surface area contributed by atoms with Crippen LogP contribution in [0.15, 0.2) is 18.2 Å². The summed E-state index contributed by atoms with van der Waals surface area (Å²) in [4.78, 5) is 13.8. The average Bonchev–Trinajstić information content (AvgIpc) is 2.21. The minimum atomic E-state index is 0.187. The minimum absolute atomic E-state index is 0.187. The molecule has 0 aliphatic carbocycles. The number of nitrogens with zero attached hydrogens (tertiary/aromatic N) is 1. The molecular weight excluding hydrogens is 212 g/mol. The maximum absolute atomic E-state index is 12.0. The fourth-order valence-corrected chi connectivity index (χ4v) is 2.03. The number of carbonyl (C=O) groups is 1. The van der Waals surface area contributed by atoms with E-state index in [1.807, 2.05) is 11.9 Å². The van der Waals surface area contributed by atoms with Crippen LogP contribution in [0.2, 0.25) is 0 Å². The van der Waals surface area contributed by atoms with E-state index in [1.54, 1.807) is 0 Å². The lowest BCUT2D eigenvalue weighted by molar-refractivity contribution is -0.136. The van der Waals surface area contributed by atoms with E-state index >= 15 is 0 Å². The molecule has 0 aromatic heterocycles. The predicted molar refractivity (Wildman–Crippen MR) is 68.7 cm³/mol. The smallest absolute Gasteiger partial charge is 0.228 e. The number of benzene rings is 1. The van der Waals surface area contributed by atoms with Gasteiger partial charge in [0.2, 0.25) is 5.91 Å². The van der Waals surface area contributed by atoms with Crippen molar-refractivity contribution in [1.82, 2.24) is 10.2 Å². The molecule has 1 aromatic rings. The summed E-state index contributed by atoms with van der Waals surface area (Å²) in [6.45, 7) is 6.58. The number of hydrogen-bond donors (Lipinski definition) is 1. The van der Waals surface area contributed by atoms with Crippen molar-refractivity contribution in [2.45, 2.75) is 20.4 Å². The molecule has 1 aromatic carbocycles. The van der Waals surface area contributed by atoms with E-state index in [4.69, 9.17) is 0 Å². The van der Waals surface area contributed by atoms with Crippen molar-refractivity contribution in [2.24, 2.45) is 5.92 Å². The van der Waals surface area contributed by atoms with Crippen LogP contribution in [-0.4, -0.2) is 30.9 Å². The van der Waals surface area contributed by atoms with Crippen LogP contribution in [0.5, 0.6) is 0 Å². The lowest BCUT2D eigenvalue weighted by Crippen LogP contribution is -2.50. The molecule has 1 heterocycles. The van der Waals surface area contributed by atoms with Crippen LogP contribution in [0.25, 0.3) is 0 Å². The van der Waals surface area contributed by atoms with Crippen molar-refractivity contribution in [2.75, 3.05) is 20.1 Å². The van der Waals surface area contributed by atoms with Gasteiger partial charge in [-0.05, 0) is 30.5 Å². The number of hydrogen-bond acceptors (Lipinski definition) is 2. The second kappa shape index (κ2) is 4.88. The standard InChI is InChI=1S/C14H20N2O/c1-10-4-5-12(6-11(10)2)9-16(3)14(17)13-7-15-8-13/h4-6,13,15H,7-9H2,1-3H3. The van der Waals surface area contributed by atoms with Gasteiger partial charge in [0.15, 0.2) is 0 Å². The van der Waals surface area contributed by atoms with Crippen LogP contribution in [0.1, 0.15) is 16.7 Å². The van der Waals surface area contributed by atoms with Gasteiger partial charge in [-0.3, -0.25) is 4.79 Å². The third-order valence-electron chi connectivity index (χ3n) is 3.50. The van der Waals surface area contributed by atoms with Crippen molar-refractivity contribution >= 4 is 5.91 Å². The lowest BCUT2D eigenvalue weighted by atomic mass is 10.0. The topological polar surface area (TPSA) is 32.3 Å². The largest absolute Gasteiger partial charge is 0.341 e. The molecule has 1 N–H and O–H groups in total. The summed E-state index contributed by atoms with van der Waals surface area (Å²) in [6.07, 6.45) is 0. The van der Waals surface area contributed by atoms with Crippen molar-refractivity contribution < 1.29 is 4.79 Å². The maximum atomic E-state index is 12.0. The highest BCUT2D eigenvalue weighted by Crippen LogP contribution is 2.13. The van der Waals surface area contributed by atoms with Gasteiger partial charge in [0.1, 0.15) is 0 Å². The summed E-state index contributed by atoms with van der Waals surface area (Å²) in [5, 5.41) is 3.13. The van der Waals surface area contributed by atoms with Gasteiger partial charge in [-0.15, -0.1) is 0 Å². The molecule has 92 valence electrons. The number of aryl methyl sites for hydroxylation is 2. The van der Waals surface area contributed by atoms with E-state index in [-0.39, 0.29) is 11.8 Å². The molecule has 1 fully saturated rings. The van der Waals surface area contributed by atoms with E-state index in [0.29, 0.717) is 6.54 Å². The molecule has 0 atom stereocenters. The Bertz CT molecular complexity index is 424. The molecule has 0 spiro atoms. The Hall–Kier alpha value is -1.35. The quantitative estimate of drug-likeness (QED) is 0.856. The first kappa shape index (κ1) is 12.1. The van der Waals surface area contributed by atoms with Gasteiger partial charge in [0.05, 0.1) is 5.92 Å². The van der Waals surface area contributed by atoms with Crippen LogP contribution in [0.3, 0.4) is 0 Å². The van der Waals surface area contributed by atoms with Gasteiger partial charge in [-0.2, -0.15) is 0 Å². The zero-order valence-electron chi connectivity index (χ0n) is 10.8. The van der Waals surface area contributed by atoms with E-state index in [1.165, 1.54) is 16.7 Å². The van der Waals surface area contributed by atoms with Gasteiger partial charge in [-0.25, -0.2) is 0 Å². The third kappa shape index (κ3) is 2.67. The highest BCUT2D eigenvalue weighted by molar-refractivity contribution is 5.79. The summed E-state index contributed by atoms with van der Waals surface area (Å²) in [6, 6.07) is 6.39. The Morgan fingerprint density at radius 2 is 2.06 bits per heavy atom. The first-order valence-electron chi connectivity index (χ1n) is 6.10. The molecule has 3 nitrogen and oxygen atoms in total. The Morgan fingerprint density at radius 3 is 2.59 bits per heavy atom. The SMILES string of the molecule is Cc1ccc(CN(C)C(=O)C2CNC2)cc1C. The second-order valence-electron chi connectivity index (χ2n) is 4.97. The molecule has 0 radical (unpaired) electrons. The monoisotopic (exact) mass is 232 g/mol. The van der Waals surface area contributed by atoms with Gasteiger partial charge in [-0.1, -0.05) is 18.2 Å². The van der Waals surface area contributed by atoms with Crippen LogP contribution in [0, 0.1) is 19.8 Å². The van der Waals surface area contributed by atoms with Crippen LogP contribution < -0.4 is 5.32 Å². The number of amides is 1.